The lowest BCUT2D eigenvalue weighted by molar-refractivity contribution is 0.211. The van der Waals surface area contributed by atoms with Crippen LogP contribution in [0.15, 0.2) is 48.9 Å². The minimum absolute atomic E-state index is 0.0453. The molecule has 134 valence electrons. The van der Waals surface area contributed by atoms with Crippen molar-refractivity contribution < 1.29 is 4.79 Å². The maximum absolute atomic E-state index is 12.6. The Labute approximate surface area is 152 Å². The first-order chi connectivity index (χ1) is 12.8. The van der Waals surface area contributed by atoms with E-state index in [4.69, 9.17) is 0 Å². The van der Waals surface area contributed by atoms with Crippen molar-refractivity contribution in [3.63, 3.8) is 0 Å². The molecule has 0 bridgehead atoms. The van der Waals surface area contributed by atoms with Gasteiger partial charge in [-0.05, 0) is 36.2 Å². The van der Waals surface area contributed by atoms with Crippen LogP contribution in [0, 0.1) is 0 Å². The number of nitrogens with zero attached hydrogens (tertiary/aromatic N) is 4. The van der Waals surface area contributed by atoms with Gasteiger partial charge < -0.3 is 10.2 Å². The first-order valence-electron chi connectivity index (χ1n) is 8.88. The van der Waals surface area contributed by atoms with Crippen LogP contribution in [0.4, 0.5) is 10.5 Å². The average Bonchev–Trinajstić information content (AvgIpc) is 3.00. The number of pyridine rings is 1. The van der Waals surface area contributed by atoms with E-state index < -0.39 is 0 Å². The van der Waals surface area contributed by atoms with Crippen molar-refractivity contribution in [3.05, 3.63) is 54.5 Å². The average molecular weight is 350 g/mol. The molecule has 7 heteroatoms. The molecule has 0 saturated carbocycles. The molecule has 0 aliphatic carbocycles. The van der Waals surface area contributed by atoms with Crippen LogP contribution in [-0.2, 0) is 6.54 Å². The summed E-state index contributed by atoms with van der Waals surface area (Å²) >= 11 is 0. The minimum atomic E-state index is -0.0453. The van der Waals surface area contributed by atoms with E-state index in [-0.39, 0.29) is 6.03 Å². The van der Waals surface area contributed by atoms with Crippen LogP contribution < -0.4 is 5.32 Å². The van der Waals surface area contributed by atoms with Gasteiger partial charge in [0.05, 0.1) is 11.7 Å². The molecule has 0 atom stereocenters. The molecule has 3 aromatic rings. The van der Waals surface area contributed by atoms with E-state index in [1.807, 2.05) is 35.4 Å². The Kier molecular flexibility index (Phi) is 4.79. The van der Waals surface area contributed by atoms with Crippen molar-refractivity contribution in [2.24, 2.45) is 0 Å². The molecule has 1 aliphatic rings. The second kappa shape index (κ2) is 7.53. The Morgan fingerprint density at radius 1 is 1.15 bits per heavy atom. The first-order valence-corrected chi connectivity index (χ1v) is 8.88. The van der Waals surface area contributed by atoms with Crippen LogP contribution in [0.3, 0.4) is 0 Å². The Morgan fingerprint density at radius 3 is 3.00 bits per heavy atom. The van der Waals surface area contributed by atoms with Gasteiger partial charge in [0.25, 0.3) is 0 Å². The van der Waals surface area contributed by atoms with E-state index >= 15 is 0 Å². The highest BCUT2D eigenvalue weighted by Gasteiger charge is 2.19. The molecule has 1 aromatic carbocycles. The molecule has 4 rings (SSSR count). The number of hydrogen-bond acceptors (Lipinski definition) is 4. The Hall–Kier alpha value is -2.93. The van der Waals surface area contributed by atoms with Crippen LogP contribution in [0.25, 0.3) is 10.9 Å². The van der Waals surface area contributed by atoms with E-state index in [2.05, 4.69) is 31.5 Å². The predicted molar refractivity (Wildman–Crippen MR) is 101 cm³/mol. The number of nitrogens with one attached hydrogen (secondary N) is 2. The van der Waals surface area contributed by atoms with Gasteiger partial charge in [-0.3, -0.25) is 15.0 Å². The van der Waals surface area contributed by atoms with Gasteiger partial charge in [0, 0.05) is 56.2 Å². The number of fused-ring (bicyclic) bond motifs is 1. The lowest BCUT2D eigenvalue weighted by atomic mass is 10.2. The van der Waals surface area contributed by atoms with E-state index in [1.54, 1.807) is 12.4 Å². The van der Waals surface area contributed by atoms with Gasteiger partial charge in [-0.15, -0.1) is 0 Å². The van der Waals surface area contributed by atoms with E-state index in [0.717, 1.165) is 55.7 Å². The summed E-state index contributed by atoms with van der Waals surface area (Å²) in [6.07, 6.45) is 6.42. The third-order valence-electron chi connectivity index (χ3n) is 4.70. The van der Waals surface area contributed by atoms with Crippen LogP contribution in [0.1, 0.15) is 12.0 Å². The molecule has 0 spiro atoms. The highest BCUT2D eigenvalue weighted by Crippen LogP contribution is 2.17. The van der Waals surface area contributed by atoms with Gasteiger partial charge in [0.2, 0.25) is 0 Å². The van der Waals surface area contributed by atoms with Crippen LogP contribution in [0.5, 0.6) is 0 Å². The molecule has 2 amide bonds. The highest BCUT2D eigenvalue weighted by atomic mass is 16.2. The van der Waals surface area contributed by atoms with Crippen LogP contribution in [-0.4, -0.2) is 57.2 Å². The lowest BCUT2D eigenvalue weighted by Gasteiger charge is -2.22. The fourth-order valence-electron chi connectivity index (χ4n) is 3.30. The summed E-state index contributed by atoms with van der Waals surface area (Å²) in [6, 6.07) is 9.76. The maximum atomic E-state index is 12.6. The number of aromatic nitrogens is 3. The molecule has 1 saturated heterocycles. The van der Waals surface area contributed by atoms with E-state index in [9.17, 15) is 4.79 Å². The number of aromatic amines is 1. The van der Waals surface area contributed by atoms with Crippen molar-refractivity contribution >= 4 is 22.6 Å². The molecule has 0 unspecified atom stereocenters. The second-order valence-electron chi connectivity index (χ2n) is 6.58. The predicted octanol–water partition coefficient (Wildman–Crippen LogP) is 2.70. The number of urea groups is 1. The molecule has 0 radical (unpaired) electrons. The summed E-state index contributed by atoms with van der Waals surface area (Å²) < 4.78 is 0. The van der Waals surface area contributed by atoms with Gasteiger partial charge in [-0.1, -0.05) is 6.07 Å². The van der Waals surface area contributed by atoms with Gasteiger partial charge >= 0.3 is 6.03 Å². The number of amides is 2. The quantitative estimate of drug-likeness (QED) is 0.761. The molecular formula is C19H22N6O. The van der Waals surface area contributed by atoms with Gasteiger partial charge in [-0.2, -0.15) is 5.10 Å². The number of hydrogen-bond donors (Lipinski definition) is 2. The minimum Gasteiger partial charge on any atom is -0.323 e. The van der Waals surface area contributed by atoms with E-state index in [0.29, 0.717) is 0 Å². The van der Waals surface area contributed by atoms with Crippen molar-refractivity contribution in [2.45, 2.75) is 13.0 Å². The number of carbonyl (C=O) groups excluding carboxylic acids is 1. The Morgan fingerprint density at radius 2 is 2.12 bits per heavy atom. The molecular weight excluding hydrogens is 328 g/mol. The lowest BCUT2D eigenvalue weighted by Crippen LogP contribution is -2.38. The summed E-state index contributed by atoms with van der Waals surface area (Å²) in [4.78, 5) is 21.1. The summed E-state index contributed by atoms with van der Waals surface area (Å²) in [5.74, 6) is 0. The van der Waals surface area contributed by atoms with Gasteiger partial charge in [-0.25, -0.2) is 4.79 Å². The largest absolute Gasteiger partial charge is 0.323 e. The fourth-order valence-corrected chi connectivity index (χ4v) is 3.30. The molecule has 1 aliphatic heterocycles. The Balaban J connectivity index is 1.35. The Bertz CT molecular complexity index is 878. The molecule has 2 N–H and O–H groups in total. The van der Waals surface area contributed by atoms with Crippen LogP contribution >= 0.6 is 0 Å². The zero-order chi connectivity index (χ0) is 17.8. The number of H-pyrrole nitrogens is 1. The molecule has 3 heterocycles. The highest BCUT2D eigenvalue weighted by molar-refractivity contribution is 5.92. The zero-order valence-electron chi connectivity index (χ0n) is 14.6. The number of rotatable bonds is 3. The summed E-state index contributed by atoms with van der Waals surface area (Å²) in [5.41, 5.74) is 2.96. The SMILES string of the molecule is O=C(Nc1ccc2[nH]ncc2c1)N1CCCN(Cc2cccnc2)CC1. The van der Waals surface area contributed by atoms with Gasteiger partial charge in [0.15, 0.2) is 0 Å². The molecule has 2 aromatic heterocycles. The van der Waals surface area contributed by atoms with Crippen molar-refractivity contribution in [1.82, 2.24) is 25.0 Å². The summed E-state index contributed by atoms with van der Waals surface area (Å²) in [7, 11) is 0. The molecule has 1 fully saturated rings. The number of anilines is 1. The smallest absolute Gasteiger partial charge is 0.321 e. The van der Waals surface area contributed by atoms with Crippen molar-refractivity contribution in [2.75, 3.05) is 31.5 Å². The second-order valence-corrected chi connectivity index (χ2v) is 6.58. The topological polar surface area (TPSA) is 77.2 Å². The number of carbonyl (C=O) groups is 1. The summed E-state index contributed by atoms with van der Waals surface area (Å²) in [5, 5.41) is 10.9. The van der Waals surface area contributed by atoms with Gasteiger partial charge in [0.1, 0.15) is 0 Å². The van der Waals surface area contributed by atoms with Crippen molar-refractivity contribution in [1.29, 1.82) is 0 Å². The zero-order valence-corrected chi connectivity index (χ0v) is 14.6. The number of benzene rings is 1. The normalized spacial score (nSPS) is 15.8. The standard InChI is InChI=1S/C19H22N6O/c26-19(22-17-4-5-18-16(11-17)13-21-23-18)25-8-2-7-24(9-10-25)14-15-3-1-6-20-12-15/h1,3-6,11-13H,2,7-10,14H2,(H,21,23)(H,22,26). The van der Waals surface area contributed by atoms with E-state index in [1.165, 1.54) is 5.56 Å². The monoisotopic (exact) mass is 350 g/mol. The third kappa shape index (κ3) is 3.83. The third-order valence-corrected chi connectivity index (χ3v) is 4.70. The van der Waals surface area contributed by atoms with Crippen molar-refractivity contribution in [3.8, 4) is 0 Å². The summed E-state index contributed by atoms with van der Waals surface area (Å²) in [6.45, 7) is 4.21. The maximum Gasteiger partial charge on any atom is 0.321 e. The molecule has 26 heavy (non-hydrogen) atoms. The van der Waals surface area contributed by atoms with Crippen LogP contribution in [0.2, 0.25) is 0 Å². The first kappa shape index (κ1) is 16.5. The molecule has 7 nitrogen and oxygen atoms in total. The fraction of sp³-hybridized carbons (Fsp3) is 0.316.